The third-order valence-corrected chi connectivity index (χ3v) is 5.58. The molecule has 4 rings (SSSR count). The number of likely N-dealkylation sites (tertiary alicyclic amines) is 1. The van der Waals surface area contributed by atoms with E-state index in [9.17, 15) is 19.2 Å². The highest BCUT2D eigenvalue weighted by atomic mass is 16.5. The molecule has 0 aliphatic carbocycles. The lowest BCUT2D eigenvalue weighted by atomic mass is 10.0. The van der Waals surface area contributed by atoms with Gasteiger partial charge in [-0.05, 0) is 37.6 Å². The Hall–Kier alpha value is -3.18. The molecule has 8 nitrogen and oxygen atoms in total. The molecule has 2 saturated heterocycles. The van der Waals surface area contributed by atoms with Crippen LogP contribution in [-0.4, -0.2) is 65.7 Å². The van der Waals surface area contributed by atoms with E-state index in [1.807, 2.05) is 0 Å². The monoisotopic (exact) mass is 395 g/mol. The van der Waals surface area contributed by atoms with Crippen LogP contribution >= 0.6 is 0 Å². The summed E-state index contributed by atoms with van der Waals surface area (Å²) in [5.74, 6) is 1.43. The van der Waals surface area contributed by atoms with Crippen molar-refractivity contribution in [3.63, 3.8) is 0 Å². The maximum atomic E-state index is 12.8. The van der Waals surface area contributed by atoms with Gasteiger partial charge in [-0.1, -0.05) is 5.92 Å². The summed E-state index contributed by atoms with van der Waals surface area (Å²) in [6.07, 6.45) is 6.57. The predicted octanol–water partition coefficient (Wildman–Crippen LogP) is 0.422. The quantitative estimate of drug-likeness (QED) is 0.574. The van der Waals surface area contributed by atoms with Crippen LogP contribution in [-0.2, 0) is 9.59 Å². The molecule has 150 valence electrons. The van der Waals surface area contributed by atoms with Gasteiger partial charge in [0.25, 0.3) is 11.8 Å². The van der Waals surface area contributed by atoms with Gasteiger partial charge in [0.1, 0.15) is 11.8 Å². The van der Waals surface area contributed by atoms with Crippen LogP contribution in [0.5, 0.6) is 5.75 Å². The minimum absolute atomic E-state index is 0.0935. The lowest BCUT2D eigenvalue weighted by molar-refractivity contribution is -0.136. The van der Waals surface area contributed by atoms with E-state index in [-0.39, 0.29) is 24.0 Å². The van der Waals surface area contributed by atoms with Crippen molar-refractivity contribution >= 4 is 23.6 Å². The number of carbonyl (C=O) groups excluding carboxylic acids is 4. The lowest BCUT2D eigenvalue weighted by Crippen LogP contribution is -2.54. The number of ether oxygens (including phenoxy) is 1. The van der Waals surface area contributed by atoms with Crippen molar-refractivity contribution < 1.29 is 23.9 Å². The van der Waals surface area contributed by atoms with E-state index in [1.165, 1.54) is 0 Å². The van der Waals surface area contributed by atoms with Gasteiger partial charge in [-0.2, -0.15) is 0 Å². The second kappa shape index (κ2) is 7.68. The Morgan fingerprint density at radius 1 is 1.14 bits per heavy atom. The molecule has 1 N–H and O–H groups in total. The molecule has 8 heteroatoms. The molecular weight excluding hydrogens is 374 g/mol. The number of rotatable bonds is 5. The van der Waals surface area contributed by atoms with Crippen LogP contribution in [0.1, 0.15) is 40.0 Å². The molecule has 2 unspecified atom stereocenters. The predicted molar refractivity (Wildman–Crippen MR) is 102 cm³/mol. The highest BCUT2D eigenvalue weighted by Crippen LogP contribution is 2.30. The fourth-order valence-corrected chi connectivity index (χ4v) is 4.08. The summed E-state index contributed by atoms with van der Waals surface area (Å²) in [6, 6.07) is 3.79. The molecule has 1 aromatic rings. The van der Waals surface area contributed by atoms with E-state index in [0.717, 1.165) is 24.4 Å². The number of terminal acetylenes is 1. The molecule has 0 spiro atoms. The third-order valence-electron chi connectivity index (χ3n) is 5.58. The molecular formula is C21H21N3O5. The zero-order valence-corrected chi connectivity index (χ0v) is 15.8. The second-order valence-corrected chi connectivity index (χ2v) is 7.56. The van der Waals surface area contributed by atoms with Gasteiger partial charge in [0, 0.05) is 18.9 Å². The topological polar surface area (TPSA) is 96.0 Å². The van der Waals surface area contributed by atoms with Crippen molar-refractivity contribution in [1.82, 2.24) is 15.1 Å². The maximum absolute atomic E-state index is 12.8. The van der Waals surface area contributed by atoms with Crippen LogP contribution in [0.25, 0.3) is 0 Å². The maximum Gasteiger partial charge on any atom is 0.262 e. The number of nitrogens with zero attached hydrogens (tertiary/aromatic N) is 2. The van der Waals surface area contributed by atoms with Gasteiger partial charge in [-0.25, -0.2) is 0 Å². The van der Waals surface area contributed by atoms with Gasteiger partial charge in [-0.15, -0.1) is 6.42 Å². The van der Waals surface area contributed by atoms with E-state index < -0.39 is 29.7 Å². The summed E-state index contributed by atoms with van der Waals surface area (Å²) in [5.41, 5.74) is 0.464. The Labute approximate surface area is 168 Å². The molecule has 29 heavy (non-hydrogen) atoms. The molecule has 0 bridgehead atoms. The molecule has 2 atom stereocenters. The number of imide groups is 2. The molecule has 0 saturated carbocycles. The van der Waals surface area contributed by atoms with Gasteiger partial charge in [0.15, 0.2) is 0 Å². The average Bonchev–Trinajstić information content (AvgIpc) is 3.24. The summed E-state index contributed by atoms with van der Waals surface area (Å²) in [4.78, 5) is 52.1. The molecule has 0 aromatic heterocycles. The number of fused-ring (bicyclic) bond motifs is 1. The van der Waals surface area contributed by atoms with Crippen LogP contribution in [0, 0.1) is 18.3 Å². The van der Waals surface area contributed by atoms with Crippen LogP contribution in [0.2, 0.25) is 0 Å². The SMILES string of the molecule is C#CCN1CCC(COc2ccc3c(c2)C(=O)N(C2CCC(=O)NC2=O)C3=O)C1. The zero-order valence-electron chi connectivity index (χ0n) is 15.8. The van der Waals surface area contributed by atoms with Crippen LogP contribution < -0.4 is 10.1 Å². The number of amides is 4. The number of piperidine rings is 1. The Kier molecular flexibility index (Phi) is 5.07. The van der Waals surface area contributed by atoms with Gasteiger partial charge >= 0.3 is 0 Å². The lowest BCUT2D eigenvalue weighted by Gasteiger charge is -2.27. The molecule has 0 radical (unpaired) electrons. The number of nitrogens with one attached hydrogen (secondary N) is 1. The molecule has 4 amide bonds. The Bertz CT molecular complexity index is 935. The van der Waals surface area contributed by atoms with Crippen molar-refractivity contribution in [3.05, 3.63) is 29.3 Å². The van der Waals surface area contributed by atoms with Crippen LogP contribution in [0.4, 0.5) is 0 Å². The van der Waals surface area contributed by atoms with Crippen molar-refractivity contribution in [2.45, 2.75) is 25.3 Å². The minimum atomic E-state index is -0.968. The van der Waals surface area contributed by atoms with E-state index in [4.69, 9.17) is 11.2 Å². The van der Waals surface area contributed by atoms with Crippen molar-refractivity contribution in [2.24, 2.45) is 5.92 Å². The first-order valence-electron chi connectivity index (χ1n) is 9.62. The summed E-state index contributed by atoms with van der Waals surface area (Å²) in [6.45, 7) is 2.94. The minimum Gasteiger partial charge on any atom is -0.493 e. The smallest absolute Gasteiger partial charge is 0.262 e. The molecule has 3 aliphatic heterocycles. The number of hydrogen-bond donors (Lipinski definition) is 1. The van der Waals surface area contributed by atoms with Crippen LogP contribution in [0.15, 0.2) is 18.2 Å². The average molecular weight is 395 g/mol. The molecule has 1 aromatic carbocycles. The number of carbonyl (C=O) groups is 4. The van der Waals surface area contributed by atoms with Gasteiger partial charge in [-0.3, -0.25) is 34.3 Å². The Balaban J connectivity index is 1.44. The standard InChI is InChI=1S/C21H21N3O5/c1-2-8-23-9-7-13(11-23)12-29-14-3-4-15-16(10-14)21(28)24(20(15)27)17-5-6-18(25)22-19(17)26/h1,3-4,10,13,17H,5-9,11-12H2,(H,22,25,26). The van der Waals surface area contributed by atoms with Gasteiger partial charge in [0.2, 0.25) is 11.8 Å². The zero-order chi connectivity index (χ0) is 20.5. The first kappa shape index (κ1) is 19.2. The van der Waals surface area contributed by atoms with Gasteiger partial charge < -0.3 is 4.74 Å². The Morgan fingerprint density at radius 2 is 1.93 bits per heavy atom. The van der Waals surface area contributed by atoms with Crippen molar-refractivity contribution in [1.29, 1.82) is 0 Å². The van der Waals surface area contributed by atoms with E-state index in [2.05, 4.69) is 16.1 Å². The fraction of sp³-hybridized carbons (Fsp3) is 0.429. The van der Waals surface area contributed by atoms with E-state index >= 15 is 0 Å². The largest absolute Gasteiger partial charge is 0.493 e. The van der Waals surface area contributed by atoms with Gasteiger partial charge in [0.05, 0.1) is 24.3 Å². The number of hydrogen-bond acceptors (Lipinski definition) is 6. The summed E-state index contributed by atoms with van der Waals surface area (Å²) >= 11 is 0. The normalized spacial score (nSPS) is 24.4. The highest BCUT2D eigenvalue weighted by Gasteiger charge is 2.44. The molecule has 3 aliphatic rings. The Morgan fingerprint density at radius 3 is 2.69 bits per heavy atom. The third kappa shape index (κ3) is 3.61. The summed E-state index contributed by atoms with van der Waals surface area (Å²) < 4.78 is 5.86. The first-order valence-corrected chi connectivity index (χ1v) is 9.62. The fourth-order valence-electron chi connectivity index (χ4n) is 4.08. The highest BCUT2D eigenvalue weighted by molar-refractivity contribution is 6.23. The van der Waals surface area contributed by atoms with Crippen molar-refractivity contribution in [3.8, 4) is 18.1 Å². The molecule has 3 heterocycles. The van der Waals surface area contributed by atoms with E-state index in [1.54, 1.807) is 18.2 Å². The summed E-state index contributed by atoms with van der Waals surface area (Å²) in [5, 5.41) is 2.18. The van der Waals surface area contributed by atoms with Crippen LogP contribution in [0.3, 0.4) is 0 Å². The van der Waals surface area contributed by atoms with Crippen molar-refractivity contribution in [2.75, 3.05) is 26.2 Å². The second-order valence-electron chi connectivity index (χ2n) is 7.56. The first-order chi connectivity index (χ1) is 14.0. The molecule has 2 fully saturated rings. The number of benzene rings is 1. The summed E-state index contributed by atoms with van der Waals surface area (Å²) in [7, 11) is 0. The van der Waals surface area contributed by atoms with E-state index in [0.29, 0.717) is 24.8 Å².